The molecule has 2 aliphatic heterocycles. The predicted molar refractivity (Wildman–Crippen MR) is 84.6 cm³/mol. The molecule has 0 radical (unpaired) electrons. The molecule has 0 aromatic rings. The molecule has 2 rings (SSSR count). The van der Waals surface area contributed by atoms with Crippen molar-refractivity contribution in [1.82, 2.24) is 15.1 Å². The van der Waals surface area contributed by atoms with E-state index in [-0.39, 0.29) is 0 Å². The van der Waals surface area contributed by atoms with Gasteiger partial charge in [-0.3, -0.25) is 9.69 Å². The Hall–Kier alpha value is -0.650. The molecule has 2 N–H and O–H groups in total. The Morgan fingerprint density at radius 2 is 2.05 bits per heavy atom. The van der Waals surface area contributed by atoms with Gasteiger partial charge in [0.2, 0.25) is 0 Å². The molecular weight excluding hydrogens is 266 g/mol. The topological polar surface area (TPSA) is 55.8 Å². The van der Waals surface area contributed by atoms with Gasteiger partial charge in [0, 0.05) is 18.6 Å². The number of aliphatic carboxylic acids is 1. The number of nitrogens with zero attached hydrogens (tertiary/aromatic N) is 2. The molecule has 0 amide bonds. The highest BCUT2D eigenvalue weighted by Gasteiger charge is 2.35. The molecular formula is C16H31N3O2. The van der Waals surface area contributed by atoms with Crippen molar-refractivity contribution in [3.8, 4) is 0 Å². The molecule has 0 aliphatic carbocycles. The van der Waals surface area contributed by atoms with E-state index in [1.54, 1.807) is 6.92 Å². The number of nitrogens with one attached hydrogen (secondary N) is 1. The summed E-state index contributed by atoms with van der Waals surface area (Å²) < 4.78 is 0. The number of likely N-dealkylation sites (tertiary alicyclic amines) is 1. The van der Waals surface area contributed by atoms with Crippen molar-refractivity contribution in [3.63, 3.8) is 0 Å². The summed E-state index contributed by atoms with van der Waals surface area (Å²) in [4.78, 5) is 16.5. The minimum atomic E-state index is -0.781. The van der Waals surface area contributed by atoms with Gasteiger partial charge in [-0.25, -0.2) is 0 Å². The molecule has 3 unspecified atom stereocenters. The van der Waals surface area contributed by atoms with Crippen molar-refractivity contribution >= 4 is 5.97 Å². The van der Waals surface area contributed by atoms with Gasteiger partial charge in [0.1, 0.15) is 5.54 Å². The molecule has 21 heavy (non-hydrogen) atoms. The first kappa shape index (κ1) is 16.7. The quantitative estimate of drug-likeness (QED) is 0.744. The molecule has 0 spiro atoms. The van der Waals surface area contributed by atoms with Crippen LogP contribution in [-0.2, 0) is 4.79 Å². The molecule has 2 fully saturated rings. The van der Waals surface area contributed by atoms with Crippen LogP contribution in [0.5, 0.6) is 0 Å². The first-order valence-electron chi connectivity index (χ1n) is 8.39. The lowest BCUT2D eigenvalue weighted by molar-refractivity contribution is -0.144. The van der Waals surface area contributed by atoms with Crippen LogP contribution in [0.25, 0.3) is 0 Å². The Balaban J connectivity index is 1.79. The third-order valence-electron chi connectivity index (χ3n) is 5.42. The van der Waals surface area contributed by atoms with E-state index >= 15 is 0 Å². The van der Waals surface area contributed by atoms with Gasteiger partial charge in [-0.15, -0.1) is 0 Å². The van der Waals surface area contributed by atoms with Gasteiger partial charge in [0.05, 0.1) is 0 Å². The van der Waals surface area contributed by atoms with Crippen LogP contribution in [0.4, 0.5) is 0 Å². The van der Waals surface area contributed by atoms with Crippen LogP contribution >= 0.6 is 0 Å². The summed E-state index contributed by atoms with van der Waals surface area (Å²) in [6, 6.07) is 1.48. The lowest BCUT2D eigenvalue weighted by Crippen LogP contribution is -2.49. The smallest absolute Gasteiger partial charge is 0.323 e. The first-order chi connectivity index (χ1) is 9.96. The minimum absolute atomic E-state index is 0.691. The number of carboxylic acids is 1. The van der Waals surface area contributed by atoms with Crippen molar-refractivity contribution in [3.05, 3.63) is 0 Å². The van der Waals surface area contributed by atoms with Crippen LogP contribution in [0.15, 0.2) is 0 Å². The zero-order valence-electron chi connectivity index (χ0n) is 13.8. The van der Waals surface area contributed by atoms with Crippen LogP contribution < -0.4 is 5.32 Å². The van der Waals surface area contributed by atoms with E-state index in [0.29, 0.717) is 19.0 Å². The van der Waals surface area contributed by atoms with E-state index in [2.05, 4.69) is 22.2 Å². The predicted octanol–water partition coefficient (Wildman–Crippen LogP) is 1.39. The molecule has 122 valence electrons. The summed E-state index contributed by atoms with van der Waals surface area (Å²) in [6.07, 6.45) is 5.57. The van der Waals surface area contributed by atoms with Crippen LogP contribution in [-0.4, -0.2) is 71.7 Å². The van der Waals surface area contributed by atoms with Gasteiger partial charge in [-0.1, -0.05) is 6.92 Å². The van der Waals surface area contributed by atoms with Crippen molar-refractivity contribution < 1.29 is 9.90 Å². The summed E-state index contributed by atoms with van der Waals surface area (Å²) in [5.41, 5.74) is -0.781. The molecule has 5 heteroatoms. The maximum absolute atomic E-state index is 11.4. The molecule has 0 aromatic heterocycles. The monoisotopic (exact) mass is 297 g/mol. The van der Waals surface area contributed by atoms with Gasteiger partial charge >= 0.3 is 5.97 Å². The molecule has 0 aromatic carbocycles. The maximum atomic E-state index is 11.4. The molecule has 3 atom stereocenters. The molecule has 0 saturated carbocycles. The SMILES string of the molecule is CCNC(C)(CCCN1CCC2CCC(C1)N2C)C(=O)O. The van der Waals surface area contributed by atoms with Crippen molar-refractivity contribution in [2.45, 2.75) is 63.6 Å². The zero-order valence-corrected chi connectivity index (χ0v) is 13.8. The number of rotatable bonds is 7. The lowest BCUT2D eigenvalue weighted by atomic mass is 9.95. The lowest BCUT2D eigenvalue weighted by Gasteiger charge is -2.29. The Kier molecular flexibility index (Phi) is 5.63. The van der Waals surface area contributed by atoms with Crippen LogP contribution in [0.3, 0.4) is 0 Å². The van der Waals surface area contributed by atoms with E-state index in [1.807, 2.05) is 6.92 Å². The van der Waals surface area contributed by atoms with Gasteiger partial charge in [-0.2, -0.15) is 0 Å². The summed E-state index contributed by atoms with van der Waals surface area (Å²) >= 11 is 0. The molecule has 2 bridgehead atoms. The second-order valence-electron chi connectivity index (χ2n) is 6.91. The van der Waals surface area contributed by atoms with Crippen LogP contribution in [0, 0.1) is 0 Å². The second kappa shape index (κ2) is 7.07. The number of hydrogen-bond acceptors (Lipinski definition) is 4. The fourth-order valence-corrected chi connectivity index (χ4v) is 3.90. The fourth-order valence-electron chi connectivity index (χ4n) is 3.90. The Labute approximate surface area is 128 Å². The van der Waals surface area contributed by atoms with Crippen molar-refractivity contribution in [2.75, 3.05) is 33.2 Å². The Bertz CT molecular complexity index is 363. The molecule has 2 saturated heterocycles. The van der Waals surface area contributed by atoms with E-state index in [1.165, 1.54) is 19.3 Å². The summed E-state index contributed by atoms with van der Waals surface area (Å²) in [7, 11) is 2.26. The van der Waals surface area contributed by atoms with E-state index < -0.39 is 11.5 Å². The fraction of sp³-hybridized carbons (Fsp3) is 0.938. The number of fused-ring (bicyclic) bond motifs is 2. The molecule has 2 heterocycles. The van der Waals surface area contributed by atoms with E-state index in [9.17, 15) is 9.90 Å². The van der Waals surface area contributed by atoms with Crippen molar-refractivity contribution in [2.24, 2.45) is 0 Å². The second-order valence-corrected chi connectivity index (χ2v) is 6.91. The third-order valence-corrected chi connectivity index (χ3v) is 5.42. The van der Waals surface area contributed by atoms with Gasteiger partial charge < -0.3 is 15.3 Å². The van der Waals surface area contributed by atoms with E-state index in [4.69, 9.17) is 0 Å². The van der Waals surface area contributed by atoms with Gasteiger partial charge in [0.15, 0.2) is 0 Å². The highest BCUT2D eigenvalue weighted by molar-refractivity contribution is 5.78. The summed E-state index contributed by atoms with van der Waals surface area (Å²) in [5.74, 6) is -0.737. The van der Waals surface area contributed by atoms with Gasteiger partial charge in [-0.05, 0) is 65.7 Å². The Morgan fingerprint density at radius 3 is 2.71 bits per heavy atom. The minimum Gasteiger partial charge on any atom is -0.480 e. The standard InChI is InChI=1S/C16H31N3O2/c1-4-17-16(2,15(20)21)9-5-10-19-11-8-13-6-7-14(12-19)18(13)3/h13-14,17H,4-12H2,1-3H3,(H,20,21). The molecule has 2 aliphatic rings. The number of carboxylic acid groups (broad SMARTS) is 1. The largest absolute Gasteiger partial charge is 0.480 e. The van der Waals surface area contributed by atoms with Crippen LogP contribution in [0.1, 0.15) is 46.0 Å². The average molecular weight is 297 g/mol. The van der Waals surface area contributed by atoms with E-state index in [0.717, 1.165) is 32.1 Å². The number of carbonyl (C=O) groups is 1. The number of likely N-dealkylation sites (N-methyl/N-ethyl adjacent to an activating group) is 2. The first-order valence-corrected chi connectivity index (χ1v) is 8.39. The highest BCUT2D eigenvalue weighted by Crippen LogP contribution is 2.28. The molecule has 5 nitrogen and oxygen atoms in total. The van der Waals surface area contributed by atoms with Crippen LogP contribution in [0.2, 0.25) is 0 Å². The summed E-state index contributed by atoms with van der Waals surface area (Å²) in [6.45, 7) is 7.79. The average Bonchev–Trinajstić information content (AvgIpc) is 2.66. The highest BCUT2D eigenvalue weighted by atomic mass is 16.4. The maximum Gasteiger partial charge on any atom is 0.323 e. The Morgan fingerprint density at radius 1 is 1.33 bits per heavy atom. The third kappa shape index (κ3) is 3.96. The van der Waals surface area contributed by atoms with Crippen molar-refractivity contribution in [1.29, 1.82) is 0 Å². The summed E-state index contributed by atoms with van der Waals surface area (Å²) in [5, 5.41) is 12.5. The zero-order chi connectivity index (χ0) is 15.5. The number of hydrogen-bond donors (Lipinski definition) is 2. The normalized spacial score (nSPS) is 30.0. The van der Waals surface area contributed by atoms with Gasteiger partial charge in [0.25, 0.3) is 0 Å².